The van der Waals surface area contributed by atoms with E-state index in [0.717, 1.165) is 0 Å². The van der Waals surface area contributed by atoms with Crippen LogP contribution in [0.1, 0.15) is 33.1 Å². The standard InChI is InChI=1S/C17H23ClO5/c1-3-21-16(19)15(17(20)22-4-2)10-5-6-11-23-14-9-7-8-13(18)12-14/h7-9,12,15H,3-6,10-11H2,1-2H3. The Morgan fingerprint density at radius 3 is 2.30 bits per heavy atom. The molecule has 0 spiro atoms. The highest BCUT2D eigenvalue weighted by Crippen LogP contribution is 2.18. The Morgan fingerprint density at radius 1 is 1.09 bits per heavy atom. The van der Waals surface area contributed by atoms with Crippen LogP contribution in [0, 0.1) is 5.92 Å². The van der Waals surface area contributed by atoms with Crippen LogP contribution in [0.25, 0.3) is 0 Å². The lowest BCUT2D eigenvalue weighted by Crippen LogP contribution is -2.28. The number of unbranched alkanes of at least 4 members (excludes halogenated alkanes) is 1. The first-order chi connectivity index (χ1) is 11.1. The number of ether oxygens (including phenoxy) is 3. The number of esters is 2. The summed E-state index contributed by atoms with van der Waals surface area (Å²) < 4.78 is 15.4. The largest absolute Gasteiger partial charge is 0.494 e. The molecule has 5 nitrogen and oxygen atoms in total. The van der Waals surface area contributed by atoms with Gasteiger partial charge in [0.1, 0.15) is 5.75 Å². The quantitative estimate of drug-likeness (QED) is 0.369. The zero-order valence-electron chi connectivity index (χ0n) is 13.5. The SMILES string of the molecule is CCOC(=O)C(CCCCOc1cccc(Cl)c1)C(=O)OCC. The van der Waals surface area contributed by atoms with Crippen LogP contribution in [-0.2, 0) is 19.1 Å². The smallest absolute Gasteiger partial charge is 0.320 e. The van der Waals surface area contributed by atoms with Crippen LogP contribution in [0.5, 0.6) is 5.75 Å². The number of benzene rings is 1. The van der Waals surface area contributed by atoms with Crippen LogP contribution in [0.2, 0.25) is 5.02 Å². The van der Waals surface area contributed by atoms with Crippen molar-refractivity contribution in [2.75, 3.05) is 19.8 Å². The molecule has 0 fully saturated rings. The molecule has 0 aromatic heterocycles. The van der Waals surface area contributed by atoms with Crippen molar-refractivity contribution in [2.45, 2.75) is 33.1 Å². The number of carbonyl (C=O) groups excluding carboxylic acids is 2. The van der Waals surface area contributed by atoms with Gasteiger partial charge in [0.25, 0.3) is 0 Å². The van der Waals surface area contributed by atoms with E-state index in [0.29, 0.717) is 36.6 Å². The lowest BCUT2D eigenvalue weighted by Gasteiger charge is -2.14. The summed E-state index contributed by atoms with van der Waals surface area (Å²) in [5.74, 6) is -1.21. The predicted octanol–water partition coefficient (Wildman–Crippen LogP) is 3.63. The average molecular weight is 343 g/mol. The molecule has 1 aromatic rings. The molecule has 0 aliphatic heterocycles. The van der Waals surface area contributed by atoms with Gasteiger partial charge in [-0.25, -0.2) is 0 Å². The Morgan fingerprint density at radius 2 is 1.74 bits per heavy atom. The van der Waals surface area contributed by atoms with Gasteiger partial charge in [-0.1, -0.05) is 17.7 Å². The van der Waals surface area contributed by atoms with Gasteiger partial charge >= 0.3 is 11.9 Å². The third-order valence-electron chi connectivity index (χ3n) is 3.09. The lowest BCUT2D eigenvalue weighted by atomic mass is 10.0. The maximum atomic E-state index is 11.8. The second-order valence-electron chi connectivity index (χ2n) is 4.86. The Labute approximate surface area is 141 Å². The maximum Gasteiger partial charge on any atom is 0.320 e. The average Bonchev–Trinajstić information content (AvgIpc) is 2.51. The van der Waals surface area contributed by atoms with Gasteiger partial charge in [0.05, 0.1) is 19.8 Å². The molecule has 0 aliphatic rings. The van der Waals surface area contributed by atoms with E-state index in [4.69, 9.17) is 25.8 Å². The highest BCUT2D eigenvalue weighted by Gasteiger charge is 2.28. The third-order valence-corrected chi connectivity index (χ3v) is 3.33. The Bertz CT molecular complexity index is 486. The van der Waals surface area contributed by atoms with Crippen LogP contribution < -0.4 is 4.74 Å². The van der Waals surface area contributed by atoms with E-state index in [2.05, 4.69) is 0 Å². The predicted molar refractivity (Wildman–Crippen MR) is 87.6 cm³/mol. The van der Waals surface area contributed by atoms with Crippen molar-refractivity contribution in [1.29, 1.82) is 0 Å². The minimum Gasteiger partial charge on any atom is -0.494 e. The zero-order valence-corrected chi connectivity index (χ0v) is 14.3. The third kappa shape index (κ3) is 7.37. The van der Waals surface area contributed by atoms with Gasteiger partial charge in [-0.2, -0.15) is 0 Å². The molecule has 0 saturated heterocycles. The molecule has 0 atom stereocenters. The first kappa shape index (κ1) is 19.3. The summed E-state index contributed by atoms with van der Waals surface area (Å²) in [7, 11) is 0. The van der Waals surface area contributed by atoms with Crippen molar-refractivity contribution in [1.82, 2.24) is 0 Å². The van der Waals surface area contributed by atoms with E-state index in [9.17, 15) is 9.59 Å². The molecular weight excluding hydrogens is 320 g/mol. The van der Waals surface area contributed by atoms with E-state index in [1.54, 1.807) is 26.0 Å². The van der Waals surface area contributed by atoms with E-state index in [1.165, 1.54) is 0 Å². The first-order valence-electron chi connectivity index (χ1n) is 7.80. The van der Waals surface area contributed by atoms with Gasteiger partial charge in [0.2, 0.25) is 0 Å². The fourth-order valence-electron chi connectivity index (χ4n) is 2.01. The maximum absolute atomic E-state index is 11.8. The van der Waals surface area contributed by atoms with E-state index < -0.39 is 17.9 Å². The second-order valence-corrected chi connectivity index (χ2v) is 5.29. The summed E-state index contributed by atoms with van der Waals surface area (Å²) in [6.45, 7) is 4.38. The summed E-state index contributed by atoms with van der Waals surface area (Å²) in [4.78, 5) is 23.6. The molecule has 0 unspecified atom stereocenters. The van der Waals surface area contributed by atoms with Gasteiger partial charge in [-0.05, 0) is 51.3 Å². The summed E-state index contributed by atoms with van der Waals surface area (Å²) in [6, 6.07) is 7.15. The van der Waals surface area contributed by atoms with Crippen molar-refractivity contribution in [3.8, 4) is 5.75 Å². The fraction of sp³-hybridized carbons (Fsp3) is 0.529. The summed E-state index contributed by atoms with van der Waals surface area (Å²) in [5, 5.41) is 0.618. The fourth-order valence-corrected chi connectivity index (χ4v) is 2.20. The van der Waals surface area contributed by atoms with Crippen molar-refractivity contribution in [3.63, 3.8) is 0 Å². The number of hydrogen-bond donors (Lipinski definition) is 0. The normalized spacial score (nSPS) is 10.4. The molecule has 0 heterocycles. The number of rotatable bonds is 10. The molecule has 1 aromatic carbocycles. The molecule has 0 N–H and O–H groups in total. The number of carbonyl (C=O) groups is 2. The van der Waals surface area contributed by atoms with Crippen LogP contribution in [0.3, 0.4) is 0 Å². The van der Waals surface area contributed by atoms with Crippen molar-refractivity contribution in [3.05, 3.63) is 29.3 Å². The van der Waals surface area contributed by atoms with Gasteiger partial charge in [-0.3, -0.25) is 9.59 Å². The molecule has 1 rings (SSSR count). The van der Waals surface area contributed by atoms with Crippen molar-refractivity contribution in [2.24, 2.45) is 5.92 Å². The summed E-state index contributed by atoms with van der Waals surface area (Å²) in [5.41, 5.74) is 0. The molecule has 23 heavy (non-hydrogen) atoms. The number of halogens is 1. The minimum atomic E-state index is -0.860. The molecule has 0 bridgehead atoms. The molecular formula is C17H23ClO5. The second kappa shape index (κ2) is 10.9. The Kier molecular flexibility index (Phi) is 9.14. The van der Waals surface area contributed by atoms with Crippen molar-refractivity contribution >= 4 is 23.5 Å². The minimum absolute atomic E-state index is 0.243. The Hall–Kier alpha value is -1.75. The van der Waals surface area contributed by atoms with E-state index in [-0.39, 0.29) is 13.2 Å². The summed E-state index contributed by atoms with van der Waals surface area (Å²) in [6.07, 6.45) is 1.75. The molecule has 128 valence electrons. The first-order valence-corrected chi connectivity index (χ1v) is 8.17. The molecule has 6 heteroatoms. The molecule has 0 radical (unpaired) electrons. The van der Waals surface area contributed by atoms with Crippen molar-refractivity contribution < 1.29 is 23.8 Å². The van der Waals surface area contributed by atoms with Gasteiger partial charge in [0.15, 0.2) is 5.92 Å². The van der Waals surface area contributed by atoms with Crippen LogP contribution >= 0.6 is 11.6 Å². The monoisotopic (exact) mass is 342 g/mol. The van der Waals surface area contributed by atoms with Crippen LogP contribution in [0.15, 0.2) is 24.3 Å². The lowest BCUT2D eigenvalue weighted by molar-refractivity contribution is -0.162. The highest BCUT2D eigenvalue weighted by molar-refractivity contribution is 6.30. The highest BCUT2D eigenvalue weighted by atomic mass is 35.5. The summed E-state index contributed by atoms with van der Waals surface area (Å²) >= 11 is 5.87. The molecule has 0 amide bonds. The van der Waals surface area contributed by atoms with Crippen LogP contribution in [-0.4, -0.2) is 31.8 Å². The Balaban J connectivity index is 2.36. The topological polar surface area (TPSA) is 61.8 Å². The van der Waals surface area contributed by atoms with E-state index >= 15 is 0 Å². The molecule has 0 saturated carbocycles. The van der Waals surface area contributed by atoms with Gasteiger partial charge in [0, 0.05) is 5.02 Å². The number of hydrogen-bond acceptors (Lipinski definition) is 5. The van der Waals surface area contributed by atoms with Crippen LogP contribution in [0.4, 0.5) is 0 Å². The van der Waals surface area contributed by atoms with Gasteiger partial charge in [-0.15, -0.1) is 0 Å². The molecule has 0 aliphatic carbocycles. The van der Waals surface area contributed by atoms with Gasteiger partial charge < -0.3 is 14.2 Å². The van der Waals surface area contributed by atoms with E-state index in [1.807, 2.05) is 12.1 Å². The zero-order chi connectivity index (χ0) is 17.1.